The Morgan fingerprint density at radius 1 is 1.29 bits per heavy atom. The topological polar surface area (TPSA) is 30.7 Å². The average Bonchev–Trinajstić information content (AvgIpc) is 2.57. The van der Waals surface area contributed by atoms with Gasteiger partial charge < -0.3 is 0 Å². The summed E-state index contributed by atoms with van der Waals surface area (Å²) in [5.41, 5.74) is 0.858. The van der Waals surface area contributed by atoms with Gasteiger partial charge in [-0.05, 0) is 45.7 Å². The first-order valence-electron chi connectivity index (χ1n) is 3.69. The van der Waals surface area contributed by atoms with Crippen molar-refractivity contribution in [3.05, 3.63) is 39.3 Å². The Hall–Kier alpha value is -0.580. The highest BCUT2D eigenvalue weighted by molar-refractivity contribution is 9.10. The highest BCUT2D eigenvalue weighted by atomic mass is 79.9. The molecular weight excluding hydrogens is 289 g/mol. The quantitative estimate of drug-likeness (QED) is 0.807. The van der Waals surface area contributed by atoms with Gasteiger partial charge in [0.2, 0.25) is 5.28 Å². The maximum Gasteiger partial charge on any atom is 0.229 e. The molecule has 0 saturated heterocycles. The van der Waals surface area contributed by atoms with E-state index in [0.717, 1.165) is 10.2 Å². The fourth-order valence-corrected chi connectivity index (χ4v) is 1.70. The van der Waals surface area contributed by atoms with Gasteiger partial charge in [-0.25, -0.2) is 0 Å². The third-order valence-corrected chi connectivity index (χ3v) is 3.16. The lowest BCUT2D eigenvalue weighted by Gasteiger charge is -2.03. The molecule has 0 bridgehead atoms. The van der Waals surface area contributed by atoms with Crippen molar-refractivity contribution in [3.8, 4) is 5.69 Å². The summed E-state index contributed by atoms with van der Waals surface area (Å²) in [4.78, 5) is 0. The summed E-state index contributed by atoms with van der Waals surface area (Å²) in [5.74, 6) is 0. The third-order valence-electron chi connectivity index (χ3n) is 1.69. The lowest BCUT2D eigenvalue weighted by molar-refractivity contribution is 1.05. The molecule has 0 aliphatic heterocycles. The Morgan fingerprint density at radius 3 is 2.64 bits per heavy atom. The Kier molecular flexibility index (Phi) is 2.76. The van der Waals surface area contributed by atoms with E-state index in [2.05, 4.69) is 26.1 Å². The van der Waals surface area contributed by atoms with E-state index in [9.17, 15) is 0 Å². The zero-order chi connectivity index (χ0) is 10.1. The van der Waals surface area contributed by atoms with Crippen molar-refractivity contribution in [2.75, 3.05) is 0 Å². The maximum atomic E-state index is 5.86. The Bertz CT molecular complexity index is 469. The molecule has 2 aromatic rings. The number of halogens is 3. The van der Waals surface area contributed by atoms with E-state index in [-0.39, 0.29) is 0 Å². The van der Waals surface area contributed by atoms with Gasteiger partial charge in [0.15, 0.2) is 0 Å². The first kappa shape index (κ1) is 9.96. The molecule has 0 aliphatic carbocycles. The van der Waals surface area contributed by atoms with Crippen molar-refractivity contribution < 1.29 is 0 Å². The lowest BCUT2D eigenvalue weighted by Crippen LogP contribution is -1.91. The second-order valence-corrected chi connectivity index (χ2v) is 4.17. The molecule has 0 amide bonds. The highest BCUT2D eigenvalue weighted by Gasteiger charge is 2.04. The van der Waals surface area contributed by atoms with Crippen LogP contribution in [0.25, 0.3) is 5.69 Å². The summed E-state index contributed by atoms with van der Waals surface area (Å²) >= 11 is 15.0. The van der Waals surface area contributed by atoms with Crippen LogP contribution < -0.4 is 0 Å². The van der Waals surface area contributed by atoms with Gasteiger partial charge in [0.05, 0.1) is 10.7 Å². The van der Waals surface area contributed by atoms with Gasteiger partial charge in [0.1, 0.15) is 6.33 Å². The number of hydrogen-bond acceptors (Lipinski definition) is 2. The molecule has 1 aromatic heterocycles. The van der Waals surface area contributed by atoms with Crippen molar-refractivity contribution in [3.63, 3.8) is 0 Å². The maximum absolute atomic E-state index is 5.86. The van der Waals surface area contributed by atoms with Crippen LogP contribution in [-0.2, 0) is 0 Å². The van der Waals surface area contributed by atoms with E-state index in [1.807, 2.05) is 12.1 Å². The molecule has 1 heterocycles. The molecule has 0 fully saturated rings. The minimum Gasteiger partial charge on any atom is -0.272 e. The first-order valence-corrected chi connectivity index (χ1v) is 5.24. The second kappa shape index (κ2) is 3.88. The van der Waals surface area contributed by atoms with E-state index in [4.69, 9.17) is 23.2 Å². The minimum atomic E-state index is 0.319. The van der Waals surface area contributed by atoms with Crippen LogP contribution >= 0.6 is 39.1 Å². The largest absolute Gasteiger partial charge is 0.272 e. The van der Waals surface area contributed by atoms with Gasteiger partial charge >= 0.3 is 0 Å². The average molecular weight is 293 g/mol. The molecule has 0 radical (unpaired) electrons. The van der Waals surface area contributed by atoms with Crippen LogP contribution in [0.3, 0.4) is 0 Å². The zero-order valence-electron chi connectivity index (χ0n) is 6.78. The fourth-order valence-electron chi connectivity index (χ4n) is 1.03. The SMILES string of the molecule is Clc1ccc(-n2cnnc2Cl)cc1Br. The molecule has 0 atom stereocenters. The van der Waals surface area contributed by atoms with Crippen molar-refractivity contribution in [2.45, 2.75) is 0 Å². The van der Waals surface area contributed by atoms with Crippen LogP contribution in [0.5, 0.6) is 0 Å². The van der Waals surface area contributed by atoms with Crippen LogP contribution in [0.2, 0.25) is 10.3 Å². The number of nitrogens with zero attached hydrogens (tertiary/aromatic N) is 3. The highest BCUT2D eigenvalue weighted by Crippen LogP contribution is 2.25. The Morgan fingerprint density at radius 2 is 2.07 bits per heavy atom. The van der Waals surface area contributed by atoms with Gasteiger partial charge in [-0.3, -0.25) is 4.57 Å². The fraction of sp³-hybridized carbons (Fsp3) is 0. The van der Waals surface area contributed by atoms with Crippen LogP contribution in [0.4, 0.5) is 0 Å². The summed E-state index contributed by atoms with van der Waals surface area (Å²) in [6.07, 6.45) is 1.54. The van der Waals surface area contributed by atoms with Crippen molar-refractivity contribution in [2.24, 2.45) is 0 Å². The predicted molar refractivity (Wildman–Crippen MR) is 59.1 cm³/mol. The molecule has 0 N–H and O–H groups in total. The van der Waals surface area contributed by atoms with Crippen molar-refractivity contribution in [1.29, 1.82) is 0 Å². The van der Waals surface area contributed by atoms with E-state index >= 15 is 0 Å². The van der Waals surface area contributed by atoms with Crippen LogP contribution in [0.15, 0.2) is 29.0 Å². The third kappa shape index (κ3) is 1.78. The predicted octanol–water partition coefficient (Wildman–Crippen LogP) is 3.34. The zero-order valence-corrected chi connectivity index (χ0v) is 9.88. The number of aromatic nitrogens is 3. The molecular formula is C8H4BrCl2N3. The smallest absolute Gasteiger partial charge is 0.229 e. The molecule has 2 rings (SSSR count). The molecule has 14 heavy (non-hydrogen) atoms. The normalized spacial score (nSPS) is 10.5. The van der Waals surface area contributed by atoms with Gasteiger partial charge in [-0.2, -0.15) is 0 Å². The molecule has 0 saturated carbocycles. The molecule has 3 nitrogen and oxygen atoms in total. The molecule has 0 spiro atoms. The molecule has 0 unspecified atom stereocenters. The van der Waals surface area contributed by atoms with Gasteiger partial charge in [-0.1, -0.05) is 11.6 Å². The van der Waals surface area contributed by atoms with Crippen molar-refractivity contribution in [1.82, 2.24) is 14.8 Å². The molecule has 1 aromatic carbocycles. The van der Waals surface area contributed by atoms with E-state index in [1.54, 1.807) is 10.6 Å². The number of rotatable bonds is 1. The lowest BCUT2D eigenvalue weighted by atomic mass is 10.3. The molecule has 6 heteroatoms. The summed E-state index contributed by atoms with van der Waals surface area (Å²) < 4.78 is 2.46. The van der Waals surface area contributed by atoms with E-state index < -0.39 is 0 Å². The Labute approximate surface area is 98.8 Å². The van der Waals surface area contributed by atoms with Crippen LogP contribution in [0, 0.1) is 0 Å². The molecule has 72 valence electrons. The van der Waals surface area contributed by atoms with E-state index in [0.29, 0.717) is 10.3 Å². The summed E-state index contributed by atoms with van der Waals surface area (Å²) in [6.45, 7) is 0. The van der Waals surface area contributed by atoms with Gasteiger partial charge in [0, 0.05) is 4.47 Å². The van der Waals surface area contributed by atoms with Crippen molar-refractivity contribution >= 4 is 39.1 Å². The standard InChI is InChI=1S/C8H4BrCl2N3/c9-6-3-5(1-2-7(6)10)14-4-12-13-8(14)11/h1-4H. The van der Waals surface area contributed by atoms with Crippen LogP contribution in [0.1, 0.15) is 0 Å². The first-order chi connectivity index (χ1) is 6.68. The van der Waals surface area contributed by atoms with E-state index in [1.165, 1.54) is 6.33 Å². The van der Waals surface area contributed by atoms with Crippen LogP contribution in [-0.4, -0.2) is 14.8 Å². The second-order valence-electron chi connectivity index (χ2n) is 2.57. The molecule has 0 aliphatic rings. The Balaban J connectivity index is 2.53. The summed E-state index contributed by atoms with van der Waals surface area (Å²) in [7, 11) is 0. The minimum absolute atomic E-state index is 0.319. The number of benzene rings is 1. The van der Waals surface area contributed by atoms with Gasteiger partial charge in [0.25, 0.3) is 0 Å². The van der Waals surface area contributed by atoms with Gasteiger partial charge in [-0.15, -0.1) is 10.2 Å². The summed E-state index contributed by atoms with van der Waals surface area (Å²) in [5, 5.41) is 8.33. The number of hydrogen-bond donors (Lipinski definition) is 0. The monoisotopic (exact) mass is 291 g/mol. The summed E-state index contributed by atoms with van der Waals surface area (Å²) in [6, 6.07) is 5.46.